The summed E-state index contributed by atoms with van der Waals surface area (Å²) >= 11 is 0. The van der Waals surface area contributed by atoms with Crippen LogP contribution in [0.15, 0.2) is 35.4 Å². The molecule has 1 aliphatic rings. The third-order valence-electron chi connectivity index (χ3n) is 4.28. The molecule has 1 fully saturated rings. The van der Waals surface area contributed by atoms with E-state index < -0.39 is 10.0 Å². The highest BCUT2D eigenvalue weighted by Gasteiger charge is 2.38. The van der Waals surface area contributed by atoms with Crippen molar-refractivity contribution in [2.45, 2.75) is 51.0 Å². The molecule has 0 spiro atoms. The molecule has 0 radical (unpaired) electrons. The van der Waals surface area contributed by atoms with Crippen LogP contribution in [0.5, 0.6) is 0 Å². The minimum absolute atomic E-state index is 0.166. The Morgan fingerprint density at radius 1 is 1.30 bits per heavy atom. The van der Waals surface area contributed by atoms with Crippen molar-refractivity contribution in [1.29, 1.82) is 0 Å². The molecule has 0 amide bonds. The molecule has 1 saturated carbocycles. The summed E-state index contributed by atoms with van der Waals surface area (Å²) in [6.07, 6.45) is 4.55. The second kappa shape index (κ2) is 6.21. The zero-order chi connectivity index (χ0) is 16.6. The number of benzene rings is 1. The van der Waals surface area contributed by atoms with Crippen LogP contribution >= 0.6 is 0 Å². The van der Waals surface area contributed by atoms with E-state index >= 15 is 0 Å². The molecule has 3 rings (SSSR count). The van der Waals surface area contributed by atoms with Crippen molar-refractivity contribution in [1.82, 2.24) is 9.29 Å². The van der Waals surface area contributed by atoms with Crippen LogP contribution in [-0.2, 0) is 10.0 Å². The van der Waals surface area contributed by atoms with E-state index in [0.29, 0.717) is 22.9 Å². The van der Waals surface area contributed by atoms with E-state index in [1.807, 2.05) is 25.1 Å². The first-order valence-electron chi connectivity index (χ1n) is 8.27. The van der Waals surface area contributed by atoms with E-state index in [1.54, 1.807) is 16.6 Å². The van der Waals surface area contributed by atoms with Gasteiger partial charge in [-0.15, -0.1) is 0 Å². The smallest absolute Gasteiger partial charge is 0.245 e. The van der Waals surface area contributed by atoms with Crippen LogP contribution in [0.2, 0.25) is 0 Å². The Balaban J connectivity index is 2.04. The lowest BCUT2D eigenvalue weighted by Gasteiger charge is -2.23. The summed E-state index contributed by atoms with van der Waals surface area (Å²) < 4.78 is 28.1. The first-order valence-corrected chi connectivity index (χ1v) is 9.71. The molecule has 1 aromatic heterocycles. The number of sulfonamides is 1. The van der Waals surface area contributed by atoms with Crippen molar-refractivity contribution in [3.8, 4) is 0 Å². The van der Waals surface area contributed by atoms with Crippen LogP contribution in [0.4, 0.5) is 0 Å². The van der Waals surface area contributed by atoms with E-state index in [4.69, 9.17) is 0 Å². The minimum Gasteiger partial charge on any atom is -0.255 e. The van der Waals surface area contributed by atoms with Crippen LogP contribution < -0.4 is 0 Å². The van der Waals surface area contributed by atoms with E-state index in [0.717, 1.165) is 30.2 Å². The van der Waals surface area contributed by atoms with E-state index in [-0.39, 0.29) is 6.04 Å². The van der Waals surface area contributed by atoms with Crippen molar-refractivity contribution in [2.24, 2.45) is 5.92 Å². The van der Waals surface area contributed by atoms with E-state index in [1.165, 1.54) is 0 Å². The van der Waals surface area contributed by atoms with Gasteiger partial charge in [-0.25, -0.2) is 8.42 Å². The first-order chi connectivity index (χ1) is 10.9. The van der Waals surface area contributed by atoms with Crippen molar-refractivity contribution < 1.29 is 8.42 Å². The summed E-state index contributed by atoms with van der Waals surface area (Å²) in [4.78, 5) is 4.74. The maximum absolute atomic E-state index is 13.2. The fraction of sp³-hybridized carbons (Fsp3) is 0.500. The predicted molar refractivity (Wildman–Crippen MR) is 92.8 cm³/mol. The van der Waals surface area contributed by atoms with Gasteiger partial charge in [-0.3, -0.25) is 4.98 Å². The fourth-order valence-corrected chi connectivity index (χ4v) is 4.69. The molecule has 0 saturated heterocycles. The molecule has 4 nitrogen and oxygen atoms in total. The number of aryl methyl sites for hydroxylation is 1. The van der Waals surface area contributed by atoms with Crippen LogP contribution in [0.25, 0.3) is 10.9 Å². The summed E-state index contributed by atoms with van der Waals surface area (Å²) in [7, 11) is -3.50. The largest absolute Gasteiger partial charge is 0.255 e. The van der Waals surface area contributed by atoms with Gasteiger partial charge in [0.05, 0.1) is 5.52 Å². The van der Waals surface area contributed by atoms with Gasteiger partial charge in [0, 0.05) is 24.2 Å². The highest BCUT2D eigenvalue weighted by atomic mass is 32.2. The molecule has 0 N–H and O–H groups in total. The minimum atomic E-state index is -3.50. The van der Waals surface area contributed by atoms with Crippen LogP contribution in [0.1, 0.15) is 38.7 Å². The Kier molecular flexibility index (Phi) is 4.43. The van der Waals surface area contributed by atoms with Crippen molar-refractivity contribution in [3.63, 3.8) is 0 Å². The molecular formula is C18H24N2O2S. The van der Waals surface area contributed by atoms with Gasteiger partial charge in [-0.1, -0.05) is 26.0 Å². The molecule has 2 aromatic rings. The van der Waals surface area contributed by atoms with Crippen molar-refractivity contribution >= 4 is 20.9 Å². The molecule has 1 heterocycles. The van der Waals surface area contributed by atoms with Gasteiger partial charge in [-0.2, -0.15) is 4.31 Å². The quantitative estimate of drug-likeness (QED) is 0.809. The van der Waals surface area contributed by atoms with Gasteiger partial charge in [0.25, 0.3) is 0 Å². The maximum Gasteiger partial charge on any atom is 0.245 e. The molecule has 124 valence electrons. The predicted octanol–water partition coefficient (Wildman–Crippen LogP) is 3.74. The van der Waals surface area contributed by atoms with Gasteiger partial charge < -0.3 is 0 Å². The van der Waals surface area contributed by atoms with Gasteiger partial charge in [0.15, 0.2) is 0 Å². The highest BCUT2D eigenvalue weighted by molar-refractivity contribution is 7.89. The molecule has 1 aliphatic carbocycles. The summed E-state index contributed by atoms with van der Waals surface area (Å²) in [5, 5.41) is 0.880. The van der Waals surface area contributed by atoms with E-state index in [2.05, 4.69) is 18.8 Å². The van der Waals surface area contributed by atoms with E-state index in [9.17, 15) is 8.42 Å². The lowest BCUT2D eigenvalue weighted by molar-refractivity contribution is 0.373. The Bertz CT molecular complexity index is 811. The monoisotopic (exact) mass is 332 g/mol. The Morgan fingerprint density at radius 2 is 2.04 bits per heavy atom. The molecule has 0 atom stereocenters. The number of fused-ring (bicyclic) bond motifs is 1. The lowest BCUT2D eigenvalue weighted by atomic mass is 10.1. The fourth-order valence-electron chi connectivity index (χ4n) is 2.82. The molecule has 5 heteroatoms. The molecule has 0 unspecified atom stereocenters. The normalized spacial score (nSPS) is 15.7. The molecule has 0 bridgehead atoms. The third-order valence-corrected chi connectivity index (χ3v) is 6.26. The van der Waals surface area contributed by atoms with Crippen LogP contribution in [0, 0.1) is 12.8 Å². The number of para-hydroxylation sites is 1. The average Bonchev–Trinajstić information content (AvgIpc) is 3.30. The summed E-state index contributed by atoms with van der Waals surface area (Å²) in [6, 6.07) is 7.56. The molecule has 0 aliphatic heterocycles. The zero-order valence-electron chi connectivity index (χ0n) is 14.0. The topological polar surface area (TPSA) is 50.3 Å². The Morgan fingerprint density at radius 3 is 2.70 bits per heavy atom. The molecular weight excluding hydrogens is 308 g/mol. The zero-order valence-corrected chi connectivity index (χ0v) is 14.8. The maximum atomic E-state index is 13.2. The number of nitrogens with zero attached hydrogens (tertiary/aromatic N) is 2. The van der Waals surface area contributed by atoms with Gasteiger partial charge in [0.2, 0.25) is 10.0 Å². The van der Waals surface area contributed by atoms with Gasteiger partial charge in [-0.05, 0) is 49.8 Å². The molecule has 1 aromatic carbocycles. The highest BCUT2D eigenvalue weighted by Crippen LogP contribution is 2.34. The third kappa shape index (κ3) is 3.40. The standard InChI is InChI=1S/C18H24N2O2S/c1-13(2)9-10-20(16-7-8-16)23(21,22)17-6-4-5-15-11-14(3)12-19-18(15)17/h4-6,11-13,16H,7-10H2,1-3H3. The number of hydrogen-bond acceptors (Lipinski definition) is 3. The number of rotatable bonds is 6. The lowest BCUT2D eigenvalue weighted by Crippen LogP contribution is -2.34. The van der Waals surface area contributed by atoms with Crippen molar-refractivity contribution in [2.75, 3.05) is 6.54 Å². The average molecular weight is 332 g/mol. The number of pyridine rings is 1. The number of aromatic nitrogens is 1. The summed E-state index contributed by atoms with van der Waals surface area (Å²) in [5.41, 5.74) is 1.61. The summed E-state index contributed by atoms with van der Waals surface area (Å²) in [6.45, 7) is 6.81. The second-order valence-corrected chi connectivity index (χ2v) is 8.73. The Hall–Kier alpha value is -1.46. The first kappa shape index (κ1) is 16.4. The SMILES string of the molecule is Cc1cnc2c(S(=O)(=O)N(CCC(C)C)C3CC3)cccc2c1. The number of hydrogen-bond donors (Lipinski definition) is 0. The second-order valence-electron chi connectivity index (χ2n) is 6.87. The van der Waals surface area contributed by atoms with Crippen LogP contribution in [-0.4, -0.2) is 30.3 Å². The van der Waals surface area contributed by atoms with Gasteiger partial charge in [0.1, 0.15) is 4.90 Å². The van der Waals surface area contributed by atoms with Crippen molar-refractivity contribution in [3.05, 3.63) is 36.0 Å². The van der Waals surface area contributed by atoms with Crippen LogP contribution in [0.3, 0.4) is 0 Å². The Labute approximate surface area is 138 Å². The van der Waals surface area contributed by atoms with Gasteiger partial charge >= 0.3 is 0 Å². The summed E-state index contributed by atoms with van der Waals surface area (Å²) in [5.74, 6) is 0.486. The molecule has 23 heavy (non-hydrogen) atoms.